The Hall–Kier alpha value is -2.30. The molecule has 130 valence electrons. The fourth-order valence-electron chi connectivity index (χ4n) is 2.59. The summed E-state index contributed by atoms with van der Waals surface area (Å²) >= 11 is 0. The fourth-order valence-corrected chi connectivity index (χ4v) is 2.59. The molecule has 1 heterocycles. The molecule has 0 spiro atoms. The van der Waals surface area contributed by atoms with Gasteiger partial charge in [0, 0.05) is 6.54 Å². The van der Waals surface area contributed by atoms with Crippen molar-refractivity contribution in [3.05, 3.63) is 41.6 Å². The van der Waals surface area contributed by atoms with Gasteiger partial charge in [-0.25, -0.2) is 4.98 Å². The van der Waals surface area contributed by atoms with Crippen molar-refractivity contribution in [1.29, 1.82) is 0 Å². The predicted octanol–water partition coefficient (Wildman–Crippen LogP) is 3.84. The van der Waals surface area contributed by atoms with Crippen molar-refractivity contribution >= 4 is 11.8 Å². The number of nitrogens with one attached hydrogen (secondary N) is 1. The maximum absolute atomic E-state index is 5.88. The highest BCUT2D eigenvalue weighted by Gasteiger charge is 2.07. The highest BCUT2D eigenvalue weighted by atomic mass is 16.5. The van der Waals surface area contributed by atoms with Gasteiger partial charge in [0.15, 0.2) is 11.6 Å². The average Bonchev–Trinajstić information content (AvgIpc) is 2.60. The second-order valence-electron chi connectivity index (χ2n) is 5.80. The summed E-state index contributed by atoms with van der Waals surface area (Å²) in [6.45, 7) is 5.83. The van der Waals surface area contributed by atoms with Gasteiger partial charge in [0.05, 0.1) is 12.8 Å². The molecule has 0 aliphatic carbocycles. The van der Waals surface area contributed by atoms with Crippen LogP contribution in [-0.2, 0) is 12.8 Å². The first-order chi connectivity index (χ1) is 11.7. The number of ether oxygens (including phenoxy) is 1. The zero-order valence-electron chi connectivity index (χ0n) is 14.7. The summed E-state index contributed by atoms with van der Waals surface area (Å²) in [6.07, 6.45) is 6.89. The number of benzene rings is 1. The number of hydrogen-bond donors (Lipinski definition) is 2. The van der Waals surface area contributed by atoms with E-state index in [9.17, 15) is 0 Å². The SMILES string of the molecule is CCCCNc1nc(N)ncc1OCCCc1ccccc1CC. The zero-order valence-corrected chi connectivity index (χ0v) is 14.7. The number of aromatic nitrogens is 2. The van der Waals surface area contributed by atoms with Crippen molar-refractivity contribution in [2.75, 3.05) is 24.2 Å². The Labute approximate surface area is 144 Å². The number of anilines is 2. The van der Waals surface area contributed by atoms with Crippen LogP contribution in [0.15, 0.2) is 30.5 Å². The zero-order chi connectivity index (χ0) is 17.2. The van der Waals surface area contributed by atoms with E-state index in [0.29, 0.717) is 18.2 Å². The van der Waals surface area contributed by atoms with Gasteiger partial charge in [0.2, 0.25) is 5.95 Å². The van der Waals surface area contributed by atoms with Crippen LogP contribution in [0, 0.1) is 0 Å². The molecule has 0 amide bonds. The number of hydrogen-bond acceptors (Lipinski definition) is 5. The summed E-state index contributed by atoms with van der Waals surface area (Å²) in [5, 5.41) is 3.28. The lowest BCUT2D eigenvalue weighted by atomic mass is 10.0. The number of nitrogens with zero attached hydrogens (tertiary/aromatic N) is 2. The van der Waals surface area contributed by atoms with Crippen molar-refractivity contribution in [2.24, 2.45) is 0 Å². The van der Waals surface area contributed by atoms with E-state index in [1.165, 1.54) is 11.1 Å². The van der Waals surface area contributed by atoms with E-state index in [2.05, 4.69) is 53.4 Å². The van der Waals surface area contributed by atoms with Gasteiger partial charge in [-0.1, -0.05) is 44.5 Å². The number of aryl methyl sites for hydroxylation is 2. The van der Waals surface area contributed by atoms with Crippen LogP contribution in [0.2, 0.25) is 0 Å². The molecule has 5 nitrogen and oxygen atoms in total. The van der Waals surface area contributed by atoms with Crippen LogP contribution in [0.25, 0.3) is 0 Å². The van der Waals surface area contributed by atoms with Crippen LogP contribution in [0.3, 0.4) is 0 Å². The predicted molar refractivity (Wildman–Crippen MR) is 99.5 cm³/mol. The third-order valence-corrected chi connectivity index (χ3v) is 3.94. The lowest BCUT2D eigenvalue weighted by Crippen LogP contribution is -2.09. The molecule has 0 aliphatic heterocycles. The van der Waals surface area contributed by atoms with Crippen molar-refractivity contribution in [1.82, 2.24) is 9.97 Å². The Bertz CT molecular complexity index is 631. The molecule has 3 N–H and O–H groups in total. The quantitative estimate of drug-likeness (QED) is 0.648. The lowest BCUT2D eigenvalue weighted by molar-refractivity contribution is 0.310. The van der Waals surface area contributed by atoms with E-state index < -0.39 is 0 Å². The minimum Gasteiger partial charge on any atom is -0.488 e. The molecule has 0 aliphatic rings. The summed E-state index contributed by atoms with van der Waals surface area (Å²) in [5.41, 5.74) is 8.49. The molecule has 0 radical (unpaired) electrons. The van der Waals surface area contributed by atoms with Crippen LogP contribution in [-0.4, -0.2) is 23.1 Å². The highest BCUT2D eigenvalue weighted by molar-refractivity contribution is 5.51. The minimum absolute atomic E-state index is 0.262. The maximum Gasteiger partial charge on any atom is 0.222 e. The van der Waals surface area contributed by atoms with Gasteiger partial charge in [-0.05, 0) is 36.8 Å². The Kier molecular flexibility index (Phi) is 7.33. The molecule has 0 bridgehead atoms. The summed E-state index contributed by atoms with van der Waals surface area (Å²) in [5.74, 6) is 1.62. The van der Waals surface area contributed by atoms with Crippen LogP contribution >= 0.6 is 0 Å². The molecular formula is C19H28N4O. The van der Waals surface area contributed by atoms with E-state index in [1.54, 1.807) is 6.20 Å². The molecule has 0 saturated carbocycles. The third-order valence-electron chi connectivity index (χ3n) is 3.94. The minimum atomic E-state index is 0.262. The lowest BCUT2D eigenvalue weighted by Gasteiger charge is -2.13. The van der Waals surface area contributed by atoms with Crippen molar-refractivity contribution in [3.63, 3.8) is 0 Å². The molecule has 1 aromatic heterocycles. The topological polar surface area (TPSA) is 73.1 Å². The van der Waals surface area contributed by atoms with E-state index in [1.807, 2.05) is 0 Å². The molecule has 0 fully saturated rings. The van der Waals surface area contributed by atoms with Crippen LogP contribution in [0.5, 0.6) is 5.75 Å². The fraction of sp³-hybridized carbons (Fsp3) is 0.474. The third kappa shape index (κ3) is 5.41. The van der Waals surface area contributed by atoms with Crippen LogP contribution < -0.4 is 15.8 Å². The van der Waals surface area contributed by atoms with Crippen LogP contribution in [0.4, 0.5) is 11.8 Å². The first-order valence-electron chi connectivity index (χ1n) is 8.80. The first-order valence-corrected chi connectivity index (χ1v) is 8.80. The Morgan fingerprint density at radius 1 is 1.12 bits per heavy atom. The molecule has 0 saturated heterocycles. The van der Waals surface area contributed by atoms with Crippen molar-refractivity contribution in [3.8, 4) is 5.75 Å². The second kappa shape index (κ2) is 9.75. The number of unbranched alkanes of at least 4 members (excludes halogenated alkanes) is 1. The van der Waals surface area contributed by atoms with Gasteiger partial charge in [0.1, 0.15) is 0 Å². The molecule has 0 unspecified atom stereocenters. The second-order valence-corrected chi connectivity index (χ2v) is 5.80. The largest absolute Gasteiger partial charge is 0.488 e. The van der Waals surface area contributed by atoms with E-state index in [-0.39, 0.29) is 5.95 Å². The van der Waals surface area contributed by atoms with Crippen molar-refractivity contribution < 1.29 is 4.74 Å². The molecule has 0 atom stereocenters. The van der Waals surface area contributed by atoms with Gasteiger partial charge >= 0.3 is 0 Å². The number of rotatable bonds is 10. The molecule has 24 heavy (non-hydrogen) atoms. The summed E-state index contributed by atoms with van der Waals surface area (Å²) in [7, 11) is 0. The monoisotopic (exact) mass is 328 g/mol. The van der Waals surface area contributed by atoms with Gasteiger partial charge in [-0.15, -0.1) is 0 Å². The summed E-state index contributed by atoms with van der Waals surface area (Å²) in [4.78, 5) is 8.27. The average molecular weight is 328 g/mol. The van der Waals surface area contributed by atoms with Gasteiger partial charge in [-0.3, -0.25) is 0 Å². The Morgan fingerprint density at radius 2 is 1.92 bits per heavy atom. The smallest absolute Gasteiger partial charge is 0.222 e. The standard InChI is InChI=1S/C19H28N4O/c1-3-5-12-21-18-17(14-22-19(20)23-18)24-13-8-11-16-10-7-6-9-15(16)4-2/h6-7,9-10,14H,3-5,8,11-13H2,1-2H3,(H3,20,21,22,23). The first kappa shape index (κ1) is 18.0. The Morgan fingerprint density at radius 3 is 2.67 bits per heavy atom. The Balaban J connectivity index is 1.87. The van der Waals surface area contributed by atoms with E-state index in [4.69, 9.17) is 10.5 Å². The van der Waals surface area contributed by atoms with E-state index >= 15 is 0 Å². The molecule has 2 aromatic rings. The molecule has 5 heteroatoms. The number of nitrogens with two attached hydrogens (primary N) is 1. The van der Waals surface area contributed by atoms with Gasteiger partial charge in [-0.2, -0.15) is 4.98 Å². The van der Waals surface area contributed by atoms with Gasteiger partial charge in [0.25, 0.3) is 0 Å². The highest BCUT2D eigenvalue weighted by Crippen LogP contribution is 2.22. The maximum atomic E-state index is 5.88. The molecule has 1 aromatic carbocycles. The normalized spacial score (nSPS) is 10.6. The van der Waals surface area contributed by atoms with Gasteiger partial charge < -0.3 is 15.8 Å². The number of nitrogen functional groups attached to an aromatic ring is 1. The van der Waals surface area contributed by atoms with Crippen molar-refractivity contribution in [2.45, 2.75) is 46.0 Å². The van der Waals surface area contributed by atoms with Crippen LogP contribution in [0.1, 0.15) is 44.2 Å². The summed E-state index contributed by atoms with van der Waals surface area (Å²) < 4.78 is 5.88. The summed E-state index contributed by atoms with van der Waals surface area (Å²) in [6, 6.07) is 8.58. The van der Waals surface area contributed by atoms with E-state index in [0.717, 1.165) is 38.6 Å². The molecular weight excluding hydrogens is 300 g/mol. The molecule has 2 rings (SSSR count).